The van der Waals surface area contributed by atoms with E-state index in [1.54, 1.807) is 7.05 Å². The van der Waals surface area contributed by atoms with Gasteiger partial charge in [-0.25, -0.2) is 4.98 Å². The molecule has 0 aliphatic carbocycles. The van der Waals surface area contributed by atoms with Crippen LogP contribution in [0.15, 0.2) is 23.3 Å². The highest BCUT2D eigenvalue weighted by Crippen LogP contribution is 2.33. The van der Waals surface area contributed by atoms with E-state index in [1.807, 2.05) is 0 Å². The number of guanidine groups is 1. The van der Waals surface area contributed by atoms with Crippen molar-refractivity contribution in [1.29, 1.82) is 0 Å². The summed E-state index contributed by atoms with van der Waals surface area (Å²) in [5.74, 6) is 0.415. The van der Waals surface area contributed by atoms with Gasteiger partial charge in [0, 0.05) is 39.5 Å². The van der Waals surface area contributed by atoms with E-state index in [-0.39, 0.29) is 18.5 Å². The first-order valence-electron chi connectivity index (χ1n) is 7.83. The molecule has 24 heavy (non-hydrogen) atoms. The Morgan fingerprint density at radius 2 is 2.21 bits per heavy atom. The lowest BCUT2D eigenvalue weighted by molar-refractivity contribution is -0.137. The van der Waals surface area contributed by atoms with Gasteiger partial charge in [-0.15, -0.1) is 0 Å². The number of alkyl halides is 3. The van der Waals surface area contributed by atoms with Crippen molar-refractivity contribution in [3.63, 3.8) is 0 Å². The molecule has 1 aromatic heterocycles. The highest BCUT2D eigenvalue weighted by Gasteiger charge is 2.33. The molecule has 1 unspecified atom stereocenters. The van der Waals surface area contributed by atoms with Crippen molar-refractivity contribution in [1.82, 2.24) is 15.6 Å². The second kappa shape index (κ2) is 8.72. The Balaban J connectivity index is 1.74. The second-order valence-corrected chi connectivity index (χ2v) is 5.34. The van der Waals surface area contributed by atoms with Gasteiger partial charge in [-0.05, 0) is 25.0 Å². The maximum atomic E-state index is 12.9. The first kappa shape index (κ1) is 18.3. The van der Waals surface area contributed by atoms with Gasteiger partial charge in [0.25, 0.3) is 0 Å². The number of rotatable bonds is 6. The van der Waals surface area contributed by atoms with Crippen molar-refractivity contribution in [2.75, 3.05) is 38.6 Å². The quantitative estimate of drug-likeness (QED) is 0.417. The normalized spacial score (nSPS) is 18.5. The molecule has 1 fully saturated rings. The van der Waals surface area contributed by atoms with E-state index in [2.05, 4.69) is 25.9 Å². The monoisotopic (exact) mass is 345 g/mol. The fraction of sp³-hybridized carbons (Fsp3) is 0.600. The molecule has 2 rings (SSSR count). The number of aromatic nitrogens is 1. The van der Waals surface area contributed by atoms with Crippen LogP contribution in [0.3, 0.4) is 0 Å². The van der Waals surface area contributed by atoms with Gasteiger partial charge >= 0.3 is 6.18 Å². The third-order valence-electron chi connectivity index (χ3n) is 3.57. The summed E-state index contributed by atoms with van der Waals surface area (Å²) < 4.78 is 44.1. The number of anilines is 1. The molecule has 9 heteroatoms. The van der Waals surface area contributed by atoms with Crippen molar-refractivity contribution in [3.05, 3.63) is 23.9 Å². The highest BCUT2D eigenvalue weighted by molar-refractivity contribution is 5.79. The van der Waals surface area contributed by atoms with Gasteiger partial charge in [0.2, 0.25) is 0 Å². The van der Waals surface area contributed by atoms with Gasteiger partial charge in [-0.1, -0.05) is 0 Å². The fourth-order valence-corrected chi connectivity index (χ4v) is 2.37. The fourth-order valence-electron chi connectivity index (χ4n) is 2.37. The highest BCUT2D eigenvalue weighted by atomic mass is 19.4. The SMILES string of the molecule is CN=C(NCCNc1ncccc1C(F)(F)F)NCC1CCCO1. The summed E-state index contributed by atoms with van der Waals surface area (Å²) in [6.07, 6.45) is -0.834. The van der Waals surface area contributed by atoms with Crippen LogP contribution in [-0.2, 0) is 10.9 Å². The van der Waals surface area contributed by atoms with E-state index in [1.165, 1.54) is 12.3 Å². The number of halogens is 3. The number of ether oxygens (including phenoxy) is 1. The van der Waals surface area contributed by atoms with Crippen molar-refractivity contribution >= 4 is 11.8 Å². The Labute approximate surface area is 138 Å². The zero-order valence-electron chi connectivity index (χ0n) is 13.5. The van der Waals surface area contributed by atoms with Crippen LogP contribution in [0.4, 0.5) is 19.0 Å². The van der Waals surface area contributed by atoms with Gasteiger partial charge < -0.3 is 20.7 Å². The molecule has 134 valence electrons. The van der Waals surface area contributed by atoms with Gasteiger partial charge in [-0.3, -0.25) is 4.99 Å². The summed E-state index contributed by atoms with van der Waals surface area (Å²) in [5, 5.41) is 8.87. The van der Waals surface area contributed by atoms with E-state index in [4.69, 9.17) is 4.74 Å². The molecule has 0 bridgehead atoms. The Morgan fingerprint density at radius 3 is 2.88 bits per heavy atom. The molecular formula is C15H22F3N5O. The number of nitrogens with one attached hydrogen (secondary N) is 3. The second-order valence-electron chi connectivity index (χ2n) is 5.34. The summed E-state index contributed by atoms with van der Waals surface area (Å²) in [6, 6.07) is 2.27. The summed E-state index contributed by atoms with van der Waals surface area (Å²) in [6.45, 7) is 2.12. The lowest BCUT2D eigenvalue weighted by Crippen LogP contribution is -2.42. The predicted molar refractivity (Wildman–Crippen MR) is 86.1 cm³/mol. The maximum absolute atomic E-state index is 12.9. The van der Waals surface area contributed by atoms with Crippen LogP contribution in [0.2, 0.25) is 0 Å². The minimum Gasteiger partial charge on any atom is -0.376 e. The zero-order chi connectivity index (χ0) is 17.4. The van der Waals surface area contributed by atoms with Crippen LogP contribution < -0.4 is 16.0 Å². The largest absolute Gasteiger partial charge is 0.419 e. The third-order valence-corrected chi connectivity index (χ3v) is 3.57. The molecule has 2 heterocycles. The van der Waals surface area contributed by atoms with E-state index in [9.17, 15) is 13.2 Å². The molecule has 1 atom stereocenters. The summed E-state index contributed by atoms with van der Waals surface area (Å²) in [7, 11) is 1.64. The molecule has 1 aliphatic rings. The van der Waals surface area contributed by atoms with Crippen molar-refractivity contribution < 1.29 is 17.9 Å². The lowest BCUT2D eigenvalue weighted by atomic mass is 10.2. The molecule has 0 amide bonds. The lowest BCUT2D eigenvalue weighted by Gasteiger charge is -2.16. The standard InChI is InChI=1S/C15H22F3N5O/c1-19-14(23-10-11-4-3-9-24-11)22-8-7-21-13-12(15(16,17)18)5-2-6-20-13/h2,5-6,11H,3-4,7-10H2,1H3,(H,20,21)(H2,19,22,23). The molecule has 1 aromatic rings. The molecule has 1 aliphatic heterocycles. The van der Waals surface area contributed by atoms with E-state index < -0.39 is 11.7 Å². The average Bonchev–Trinajstić information content (AvgIpc) is 3.07. The molecule has 6 nitrogen and oxygen atoms in total. The zero-order valence-corrected chi connectivity index (χ0v) is 13.5. The molecule has 0 saturated carbocycles. The van der Waals surface area contributed by atoms with E-state index >= 15 is 0 Å². The number of aliphatic imine (C=N–C) groups is 1. The van der Waals surface area contributed by atoms with Crippen LogP contribution in [0.1, 0.15) is 18.4 Å². The average molecular weight is 345 g/mol. The summed E-state index contributed by atoms with van der Waals surface area (Å²) in [5.41, 5.74) is -0.772. The first-order chi connectivity index (χ1) is 11.5. The van der Waals surface area contributed by atoms with E-state index in [0.717, 1.165) is 25.5 Å². The minimum atomic E-state index is -4.43. The number of pyridine rings is 1. The molecule has 0 spiro atoms. The maximum Gasteiger partial charge on any atom is 0.419 e. The Morgan fingerprint density at radius 1 is 1.38 bits per heavy atom. The van der Waals surface area contributed by atoms with E-state index in [0.29, 0.717) is 19.0 Å². The Kier molecular flexibility index (Phi) is 6.65. The number of hydrogen-bond acceptors (Lipinski definition) is 4. The van der Waals surface area contributed by atoms with Crippen molar-refractivity contribution in [3.8, 4) is 0 Å². The molecule has 3 N–H and O–H groups in total. The van der Waals surface area contributed by atoms with Gasteiger partial charge in [0.05, 0.1) is 11.7 Å². The van der Waals surface area contributed by atoms with Gasteiger partial charge in [-0.2, -0.15) is 13.2 Å². The Hall–Kier alpha value is -2.03. The summed E-state index contributed by atoms with van der Waals surface area (Å²) in [4.78, 5) is 7.82. The first-order valence-corrected chi connectivity index (χ1v) is 7.83. The van der Waals surface area contributed by atoms with Gasteiger partial charge in [0.1, 0.15) is 5.82 Å². The Bertz CT molecular complexity index is 544. The smallest absolute Gasteiger partial charge is 0.376 e. The van der Waals surface area contributed by atoms with Crippen molar-refractivity contribution in [2.45, 2.75) is 25.1 Å². The van der Waals surface area contributed by atoms with Crippen molar-refractivity contribution in [2.24, 2.45) is 4.99 Å². The predicted octanol–water partition coefficient (Wildman–Crippen LogP) is 1.86. The van der Waals surface area contributed by atoms with Crippen LogP contribution in [-0.4, -0.2) is 50.3 Å². The topological polar surface area (TPSA) is 70.6 Å². The van der Waals surface area contributed by atoms with Crippen LogP contribution in [0, 0.1) is 0 Å². The van der Waals surface area contributed by atoms with Crippen LogP contribution >= 0.6 is 0 Å². The van der Waals surface area contributed by atoms with Crippen LogP contribution in [0.5, 0.6) is 0 Å². The van der Waals surface area contributed by atoms with Gasteiger partial charge in [0.15, 0.2) is 5.96 Å². The summed E-state index contributed by atoms with van der Waals surface area (Å²) >= 11 is 0. The molecule has 0 aromatic carbocycles. The third kappa shape index (κ3) is 5.55. The number of hydrogen-bond donors (Lipinski definition) is 3. The van der Waals surface area contributed by atoms with Crippen LogP contribution in [0.25, 0.3) is 0 Å². The number of nitrogens with zero attached hydrogens (tertiary/aromatic N) is 2. The molecule has 0 radical (unpaired) electrons. The molecule has 1 saturated heterocycles. The minimum absolute atomic E-state index is 0.172. The molecular weight excluding hydrogens is 323 g/mol.